The summed E-state index contributed by atoms with van der Waals surface area (Å²) in [4.78, 5) is 15.6. The number of benzene rings is 1. The lowest BCUT2D eigenvalue weighted by Crippen LogP contribution is -2.30. The van der Waals surface area contributed by atoms with E-state index in [1.165, 1.54) is 10.4 Å². The van der Waals surface area contributed by atoms with Crippen molar-refractivity contribution >= 4 is 22.9 Å². The van der Waals surface area contributed by atoms with Gasteiger partial charge in [0.1, 0.15) is 0 Å². The van der Waals surface area contributed by atoms with E-state index in [4.69, 9.17) is 0 Å². The summed E-state index contributed by atoms with van der Waals surface area (Å²) in [7, 11) is 1.97. The predicted molar refractivity (Wildman–Crippen MR) is 94.4 cm³/mol. The topological polar surface area (TPSA) is 32.3 Å². The van der Waals surface area contributed by atoms with Crippen molar-refractivity contribution in [3.63, 3.8) is 0 Å². The number of hydrogen-bond donors (Lipinski definition) is 1. The molecule has 0 saturated carbocycles. The van der Waals surface area contributed by atoms with E-state index in [0.29, 0.717) is 12.5 Å². The Morgan fingerprint density at radius 1 is 1.27 bits per heavy atom. The molecule has 0 spiro atoms. The summed E-state index contributed by atoms with van der Waals surface area (Å²) in [6.45, 7) is 5.55. The fourth-order valence-corrected chi connectivity index (χ4v) is 3.20. The van der Waals surface area contributed by atoms with Gasteiger partial charge in [-0.3, -0.25) is 9.69 Å². The number of carbonyl (C=O) groups is 1. The molecule has 2 aromatic rings. The van der Waals surface area contributed by atoms with E-state index >= 15 is 0 Å². The van der Waals surface area contributed by atoms with Crippen LogP contribution in [0.2, 0.25) is 0 Å². The standard InChI is InChI=1S/C18H24N2OS/c1-4-14(2)16-9-5-6-10-17(16)19-18(21)13-20(3)12-15-8-7-11-22-15/h5-11,14H,4,12-13H2,1-3H3,(H,19,21). The zero-order valence-electron chi connectivity index (χ0n) is 13.5. The number of carbonyl (C=O) groups excluding carboxylic acids is 1. The normalized spacial score (nSPS) is 12.4. The van der Waals surface area contributed by atoms with Gasteiger partial charge in [-0.1, -0.05) is 38.1 Å². The molecule has 0 aliphatic rings. The molecule has 2 rings (SSSR count). The maximum Gasteiger partial charge on any atom is 0.238 e. The first-order chi connectivity index (χ1) is 10.6. The maximum atomic E-state index is 12.3. The number of nitrogens with one attached hydrogen (secondary N) is 1. The van der Waals surface area contributed by atoms with Crippen molar-refractivity contribution in [3.05, 3.63) is 52.2 Å². The molecular formula is C18H24N2OS. The fraction of sp³-hybridized carbons (Fsp3) is 0.389. The molecule has 1 aromatic carbocycles. The van der Waals surface area contributed by atoms with Crippen LogP contribution in [0.1, 0.15) is 36.6 Å². The SMILES string of the molecule is CCC(C)c1ccccc1NC(=O)CN(C)Cc1cccs1. The number of likely N-dealkylation sites (N-methyl/N-ethyl adjacent to an activating group) is 1. The average Bonchev–Trinajstić information content (AvgIpc) is 2.99. The van der Waals surface area contributed by atoms with Crippen molar-refractivity contribution in [1.29, 1.82) is 0 Å². The largest absolute Gasteiger partial charge is 0.325 e. The Bertz CT molecular complexity index is 595. The van der Waals surface area contributed by atoms with Crippen molar-refractivity contribution in [2.75, 3.05) is 18.9 Å². The molecule has 22 heavy (non-hydrogen) atoms. The van der Waals surface area contributed by atoms with Gasteiger partial charge >= 0.3 is 0 Å². The number of thiophene rings is 1. The predicted octanol–water partition coefficient (Wildman–Crippen LogP) is 4.33. The first-order valence-corrected chi connectivity index (χ1v) is 8.57. The van der Waals surface area contributed by atoms with Gasteiger partial charge in [-0.25, -0.2) is 0 Å². The van der Waals surface area contributed by atoms with Gasteiger partial charge in [0.15, 0.2) is 0 Å². The smallest absolute Gasteiger partial charge is 0.238 e. The lowest BCUT2D eigenvalue weighted by atomic mass is 9.97. The molecular weight excluding hydrogens is 292 g/mol. The molecule has 0 aliphatic heterocycles. The molecule has 1 N–H and O–H groups in total. The minimum atomic E-state index is 0.0369. The van der Waals surface area contributed by atoms with E-state index in [0.717, 1.165) is 18.7 Å². The summed E-state index contributed by atoms with van der Waals surface area (Å²) in [5.74, 6) is 0.482. The van der Waals surface area contributed by atoms with Gasteiger partial charge in [-0.05, 0) is 42.5 Å². The van der Waals surface area contributed by atoms with Crippen LogP contribution in [0.3, 0.4) is 0 Å². The molecule has 1 unspecified atom stereocenters. The molecule has 118 valence electrons. The van der Waals surface area contributed by atoms with Crippen LogP contribution in [-0.4, -0.2) is 24.4 Å². The highest BCUT2D eigenvalue weighted by molar-refractivity contribution is 7.09. The Labute approximate surface area is 137 Å². The van der Waals surface area contributed by atoms with Gasteiger partial charge in [0, 0.05) is 17.1 Å². The third kappa shape index (κ3) is 4.68. The summed E-state index contributed by atoms with van der Waals surface area (Å²) in [6, 6.07) is 12.2. The Hall–Kier alpha value is -1.65. The van der Waals surface area contributed by atoms with Crippen LogP contribution in [0.25, 0.3) is 0 Å². The van der Waals surface area contributed by atoms with Gasteiger partial charge in [0.05, 0.1) is 6.54 Å². The molecule has 4 heteroatoms. The summed E-state index contributed by atoms with van der Waals surface area (Å²) < 4.78 is 0. The maximum absolute atomic E-state index is 12.3. The second kappa shape index (κ2) is 8.11. The zero-order valence-corrected chi connectivity index (χ0v) is 14.3. The average molecular weight is 316 g/mol. The van der Waals surface area contributed by atoms with Crippen LogP contribution >= 0.6 is 11.3 Å². The highest BCUT2D eigenvalue weighted by atomic mass is 32.1. The van der Waals surface area contributed by atoms with E-state index in [1.807, 2.05) is 36.2 Å². The molecule has 0 saturated heterocycles. The van der Waals surface area contributed by atoms with Crippen molar-refractivity contribution in [2.45, 2.75) is 32.7 Å². The number of para-hydroxylation sites is 1. The number of nitrogens with zero attached hydrogens (tertiary/aromatic N) is 1. The van der Waals surface area contributed by atoms with Gasteiger partial charge in [0.25, 0.3) is 0 Å². The van der Waals surface area contributed by atoms with Gasteiger partial charge in [-0.15, -0.1) is 11.3 Å². The minimum Gasteiger partial charge on any atom is -0.325 e. The quantitative estimate of drug-likeness (QED) is 0.824. The number of hydrogen-bond acceptors (Lipinski definition) is 3. The van der Waals surface area contributed by atoms with Crippen LogP contribution in [0.15, 0.2) is 41.8 Å². The van der Waals surface area contributed by atoms with Crippen LogP contribution in [-0.2, 0) is 11.3 Å². The van der Waals surface area contributed by atoms with E-state index < -0.39 is 0 Å². The molecule has 0 fully saturated rings. The third-order valence-corrected chi connectivity index (χ3v) is 4.66. The minimum absolute atomic E-state index is 0.0369. The molecule has 0 bridgehead atoms. The molecule has 3 nitrogen and oxygen atoms in total. The molecule has 1 heterocycles. The molecule has 0 aliphatic carbocycles. The van der Waals surface area contributed by atoms with Crippen molar-refractivity contribution in [3.8, 4) is 0 Å². The van der Waals surface area contributed by atoms with Crippen LogP contribution in [0.4, 0.5) is 5.69 Å². The first-order valence-electron chi connectivity index (χ1n) is 7.69. The Balaban J connectivity index is 1.94. The summed E-state index contributed by atoms with van der Waals surface area (Å²) in [5, 5.41) is 5.12. The van der Waals surface area contributed by atoms with Crippen molar-refractivity contribution in [1.82, 2.24) is 4.90 Å². The first kappa shape index (κ1) is 16.7. The number of anilines is 1. The monoisotopic (exact) mass is 316 g/mol. The molecule has 1 aromatic heterocycles. The summed E-state index contributed by atoms with van der Waals surface area (Å²) in [6.07, 6.45) is 1.06. The van der Waals surface area contributed by atoms with Gasteiger partial charge < -0.3 is 5.32 Å². The zero-order chi connectivity index (χ0) is 15.9. The Morgan fingerprint density at radius 2 is 2.05 bits per heavy atom. The number of rotatable bonds is 7. The van der Waals surface area contributed by atoms with Crippen molar-refractivity contribution in [2.24, 2.45) is 0 Å². The van der Waals surface area contributed by atoms with Crippen molar-refractivity contribution < 1.29 is 4.79 Å². The highest BCUT2D eigenvalue weighted by Crippen LogP contribution is 2.26. The van der Waals surface area contributed by atoms with Crippen LogP contribution < -0.4 is 5.32 Å². The Kier molecular flexibility index (Phi) is 6.16. The van der Waals surface area contributed by atoms with Crippen LogP contribution in [0, 0.1) is 0 Å². The molecule has 1 atom stereocenters. The molecule has 0 radical (unpaired) electrons. The second-order valence-electron chi connectivity index (χ2n) is 5.70. The summed E-state index contributed by atoms with van der Waals surface area (Å²) >= 11 is 1.72. The fourth-order valence-electron chi connectivity index (χ4n) is 2.42. The number of amides is 1. The summed E-state index contributed by atoms with van der Waals surface area (Å²) in [5.41, 5.74) is 2.14. The van der Waals surface area contributed by atoms with E-state index in [-0.39, 0.29) is 5.91 Å². The van der Waals surface area contributed by atoms with Gasteiger partial charge in [0.2, 0.25) is 5.91 Å². The lowest BCUT2D eigenvalue weighted by molar-refractivity contribution is -0.117. The Morgan fingerprint density at radius 3 is 2.73 bits per heavy atom. The van der Waals surface area contributed by atoms with Crippen LogP contribution in [0.5, 0.6) is 0 Å². The second-order valence-corrected chi connectivity index (χ2v) is 6.73. The highest BCUT2D eigenvalue weighted by Gasteiger charge is 2.12. The van der Waals surface area contributed by atoms with E-state index in [2.05, 4.69) is 36.7 Å². The molecule has 1 amide bonds. The third-order valence-electron chi connectivity index (χ3n) is 3.80. The van der Waals surface area contributed by atoms with Gasteiger partial charge in [-0.2, -0.15) is 0 Å². The van der Waals surface area contributed by atoms with E-state index in [1.54, 1.807) is 11.3 Å². The lowest BCUT2D eigenvalue weighted by Gasteiger charge is -2.18. The van der Waals surface area contributed by atoms with E-state index in [9.17, 15) is 4.79 Å².